The number of unbranched alkanes of at least 4 members (excludes halogenated alkanes) is 1. The van der Waals surface area contributed by atoms with Crippen LogP contribution in [0, 0.1) is 0 Å². The van der Waals surface area contributed by atoms with Gasteiger partial charge < -0.3 is 29.7 Å². The number of aromatic nitrogens is 4. The number of ether oxygens (including phenoxy) is 2. The van der Waals surface area contributed by atoms with Crippen LogP contribution in [-0.4, -0.2) is 50.0 Å². The Morgan fingerprint density at radius 2 is 1.45 bits per heavy atom. The van der Waals surface area contributed by atoms with Gasteiger partial charge in [-0.3, -0.25) is 4.79 Å². The van der Waals surface area contributed by atoms with Crippen LogP contribution in [0.5, 0.6) is 11.5 Å². The molecular formula is C29H36Cl2N6O3. The molecule has 3 N–H and O–H groups in total. The van der Waals surface area contributed by atoms with Gasteiger partial charge in [-0.25, -0.2) is 9.97 Å². The lowest BCUT2D eigenvalue weighted by molar-refractivity contribution is -0.116. The maximum absolute atomic E-state index is 11.9. The van der Waals surface area contributed by atoms with Crippen LogP contribution in [0.1, 0.15) is 26.2 Å². The van der Waals surface area contributed by atoms with Crippen molar-refractivity contribution in [2.45, 2.75) is 26.2 Å². The van der Waals surface area contributed by atoms with Crippen molar-refractivity contribution in [1.82, 2.24) is 19.1 Å². The average Bonchev–Trinajstić information content (AvgIpc) is 3.58. The van der Waals surface area contributed by atoms with Crippen molar-refractivity contribution >= 4 is 40.5 Å². The zero-order valence-electron chi connectivity index (χ0n) is 23.1. The van der Waals surface area contributed by atoms with Crippen molar-refractivity contribution in [2.75, 3.05) is 36.0 Å². The molecule has 11 heteroatoms. The minimum atomic E-state index is 0.0252. The van der Waals surface area contributed by atoms with Gasteiger partial charge in [-0.2, -0.15) is 0 Å². The SMILES string of the molecule is CCCCC(=O)Nc1ccc(OCCCl)c(-c2cncn2C)c1.Cn1cncc1-c1cc(N)ccc1OCCCl. The van der Waals surface area contributed by atoms with Crippen LogP contribution in [0.3, 0.4) is 0 Å². The topological polar surface area (TPSA) is 109 Å². The molecule has 2 heterocycles. The molecule has 0 aliphatic carbocycles. The second-order valence-corrected chi connectivity index (χ2v) is 9.73. The predicted molar refractivity (Wildman–Crippen MR) is 162 cm³/mol. The smallest absolute Gasteiger partial charge is 0.224 e. The van der Waals surface area contributed by atoms with Crippen molar-refractivity contribution in [3.05, 3.63) is 61.4 Å². The van der Waals surface area contributed by atoms with Gasteiger partial charge in [0.15, 0.2) is 0 Å². The highest BCUT2D eigenvalue weighted by molar-refractivity contribution is 6.18. The first-order valence-corrected chi connectivity index (χ1v) is 14.1. The zero-order chi connectivity index (χ0) is 28.9. The number of rotatable bonds is 12. The Hall–Kier alpha value is -3.69. The van der Waals surface area contributed by atoms with Crippen LogP contribution in [0.2, 0.25) is 0 Å². The molecule has 4 aromatic rings. The fourth-order valence-electron chi connectivity index (χ4n) is 3.90. The van der Waals surface area contributed by atoms with Crippen molar-refractivity contribution in [1.29, 1.82) is 0 Å². The van der Waals surface area contributed by atoms with Crippen LogP contribution >= 0.6 is 23.2 Å². The molecule has 0 spiro atoms. The molecule has 4 rings (SSSR count). The third-order valence-electron chi connectivity index (χ3n) is 5.88. The zero-order valence-corrected chi connectivity index (χ0v) is 24.6. The molecule has 0 saturated heterocycles. The van der Waals surface area contributed by atoms with Crippen LogP contribution in [-0.2, 0) is 18.9 Å². The molecule has 0 bridgehead atoms. The van der Waals surface area contributed by atoms with E-state index in [4.69, 9.17) is 38.4 Å². The average molecular weight is 588 g/mol. The molecule has 9 nitrogen and oxygen atoms in total. The Balaban J connectivity index is 0.000000230. The van der Waals surface area contributed by atoms with Crippen molar-refractivity contribution in [3.63, 3.8) is 0 Å². The first kappa shape index (κ1) is 30.8. The van der Waals surface area contributed by atoms with Gasteiger partial charge in [0.2, 0.25) is 5.91 Å². The summed E-state index contributed by atoms with van der Waals surface area (Å²) in [5, 5.41) is 2.93. The van der Waals surface area contributed by atoms with Crippen LogP contribution < -0.4 is 20.5 Å². The Morgan fingerprint density at radius 3 is 1.95 bits per heavy atom. The van der Waals surface area contributed by atoms with Gasteiger partial charge in [-0.05, 0) is 42.8 Å². The van der Waals surface area contributed by atoms with Gasteiger partial charge in [0.25, 0.3) is 0 Å². The highest BCUT2D eigenvalue weighted by Crippen LogP contribution is 2.33. The van der Waals surface area contributed by atoms with E-state index in [1.54, 1.807) is 25.0 Å². The number of nitrogens with one attached hydrogen (secondary N) is 1. The third kappa shape index (κ3) is 8.66. The number of alkyl halides is 2. The van der Waals surface area contributed by atoms with E-state index < -0.39 is 0 Å². The third-order valence-corrected chi connectivity index (χ3v) is 6.19. The molecule has 0 aliphatic rings. The molecule has 0 saturated carbocycles. The minimum Gasteiger partial charge on any atom is -0.492 e. The summed E-state index contributed by atoms with van der Waals surface area (Å²) in [7, 11) is 3.84. The summed E-state index contributed by atoms with van der Waals surface area (Å²) in [6.45, 7) is 2.96. The summed E-state index contributed by atoms with van der Waals surface area (Å²) < 4.78 is 15.1. The molecule has 0 unspecified atom stereocenters. The van der Waals surface area contributed by atoms with Crippen molar-refractivity contribution in [2.24, 2.45) is 14.1 Å². The normalized spacial score (nSPS) is 10.5. The number of nitrogens with two attached hydrogens (primary N) is 1. The number of anilines is 2. The second kappa shape index (κ2) is 15.8. The van der Waals surface area contributed by atoms with E-state index in [0.29, 0.717) is 37.1 Å². The quantitative estimate of drug-likeness (QED) is 0.153. The number of imidazole rings is 2. The molecule has 0 fully saturated rings. The molecule has 0 aliphatic heterocycles. The lowest BCUT2D eigenvalue weighted by atomic mass is 10.1. The number of nitrogens with zero attached hydrogens (tertiary/aromatic N) is 4. The van der Waals surface area contributed by atoms with E-state index in [-0.39, 0.29) is 5.91 Å². The lowest BCUT2D eigenvalue weighted by Crippen LogP contribution is -2.11. The second-order valence-electron chi connectivity index (χ2n) is 8.97. The van der Waals surface area contributed by atoms with E-state index in [1.165, 1.54) is 0 Å². The van der Waals surface area contributed by atoms with Crippen LogP contribution in [0.4, 0.5) is 11.4 Å². The van der Waals surface area contributed by atoms with Crippen LogP contribution in [0.25, 0.3) is 22.5 Å². The maximum atomic E-state index is 11.9. The monoisotopic (exact) mass is 586 g/mol. The standard InChI is InChI=1S/C17H22ClN3O2.C12H14ClN3O/c1-3-4-5-17(22)20-13-6-7-16(23-9-8-18)14(10-13)15-11-19-12-21(15)2;1-16-8-15-7-11(16)10-6-9(14)2-3-12(10)17-5-4-13/h6-7,10-12H,3-5,8-9H2,1-2H3,(H,20,22);2-3,6-8H,4-5,14H2,1H3. The Labute approximate surface area is 245 Å². The summed E-state index contributed by atoms with van der Waals surface area (Å²) in [5.74, 6) is 2.39. The van der Waals surface area contributed by atoms with Gasteiger partial charge in [0, 0.05) is 43.0 Å². The number of halogens is 2. The van der Waals surface area contributed by atoms with E-state index in [9.17, 15) is 4.79 Å². The largest absolute Gasteiger partial charge is 0.492 e. The summed E-state index contributed by atoms with van der Waals surface area (Å²) in [5.41, 5.74) is 10.9. The summed E-state index contributed by atoms with van der Waals surface area (Å²) >= 11 is 11.3. The predicted octanol–water partition coefficient (Wildman–Crippen LogP) is 6.12. The van der Waals surface area contributed by atoms with Gasteiger partial charge >= 0.3 is 0 Å². The highest BCUT2D eigenvalue weighted by Gasteiger charge is 2.13. The number of benzene rings is 2. The van der Waals surface area contributed by atoms with E-state index in [2.05, 4.69) is 22.2 Å². The van der Waals surface area contributed by atoms with Gasteiger partial charge in [-0.15, -0.1) is 23.2 Å². The van der Waals surface area contributed by atoms with Gasteiger partial charge in [0.05, 0.1) is 48.2 Å². The first-order valence-electron chi connectivity index (χ1n) is 13.0. The summed E-state index contributed by atoms with van der Waals surface area (Å²) in [6.07, 6.45) is 9.43. The Morgan fingerprint density at radius 1 is 0.900 bits per heavy atom. The van der Waals surface area contributed by atoms with Crippen LogP contribution in [0.15, 0.2) is 61.4 Å². The Kier molecular flexibility index (Phi) is 12.2. The number of hydrogen-bond acceptors (Lipinski definition) is 6. The minimum absolute atomic E-state index is 0.0252. The summed E-state index contributed by atoms with van der Waals surface area (Å²) in [6, 6.07) is 11.1. The fraction of sp³-hybridized carbons (Fsp3) is 0.345. The van der Waals surface area contributed by atoms with Gasteiger partial charge in [0.1, 0.15) is 24.7 Å². The maximum Gasteiger partial charge on any atom is 0.224 e. The number of hydrogen-bond donors (Lipinski definition) is 2. The molecule has 214 valence electrons. The number of carbonyl (C=O) groups is 1. The fourth-order valence-corrected chi connectivity index (χ4v) is 4.05. The molecule has 2 aromatic heterocycles. The molecule has 0 radical (unpaired) electrons. The lowest BCUT2D eigenvalue weighted by Gasteiger charge is -2.13. The molecular weight excluding hydrogens is 551 g/mol. The number of nitrogen functional groups attached to an aromatic ring is 1. The van der Waals surface area contributed by atoms with Crippen molar-refractivity contribution in [3.8, 4) is 34.0 Å². The number of aryl methyl sites for hydroxylation is 2. The molecule has 2 aromatic carbocycles. The molecule has 0 atom stereocenters. The van der Waals surface area contributed by atoms with E-state index in [0.717, 1.165) is 52.5 Å². The first-order chi connectivity index (χ1) is 19.4. The highest BCUT2D eigenvalue weighted by atomic mass is 35.5. The van der Waals surface area contributed by atoms with E-state index >= 15 is 0 Å². The Bertz CT molecular complexity index is 1370. The van der Waals surface area contributed by atoms with Gasteiger partial charge in [-0.1, -0.05) is 13.3 Å². The molecule has 40 heavy (non-hydrogen) atoms. The van der Waals surface area contributed by atoms with E-state index in [1.807, 2.05) is 59.6 Å². The number of carbonyl (C=O) groups excluding carboxylic acids is 1. The molecule has 1 amide bonds. The van der Waals surface area contributed by atoms with Crippen molar-refractivity contribution < 1.29 is 14.3 Å². The number of amides is 1. The summed E-state index contributed by atoms with van der Waals surface area (Å²) in [4.78, 5) is 20.1.